The van der Waals surface area contributed by atoms with Crippen LogP contribution in [0.4, 0.5) is 14.6 Å². The largest absolute Gasteiger partial charge is 0.461 e. The molecule has 0 unspecified atom stereocenters. The van der Waals surface area contributed by atoms with Crippen molar-refractivity contribution in [1.82, 2.24) is 30.0 Å². The summed E-state index contributed by atoms with van der Waals surface area (Å²) in [4.78, 5) is 18.3. The van der Waals surface area contributed by atoms with Crippen molar-refractivity contribution >= 4 is 27.6 Å². The lowest BCUT2D eigenvalue weighted by Crippen LogP contribution is -2.43. The van der Waals surface area contributed by atoms with Gasteiger partial charge in [0.1, 0.15) is 29.5 Å². The highest BCUT2D eigenvalue weighted by Crippen LogP contribution is 2.40. The topological polar surface area (TPSA) is 103 Å². The summed E-state index contributed by atoms with van der Waals surface area (Å²) in [6.07, 6.45) is 11.0. The van der Waals surface area contributed by atoms with Crippen LogP contribution < -0.4 is 9.64 Å². The number of aromatic nitrogens is 5. The van der Waals surface area contributed by atoms with E-state index in [2.05, 4.69) is 25.1 Å². The number of aliphatic hydroxyl groups is 1. The van der Waals surface area contributed by atoms with Crippen LogP contribution in [0.15, 0.2) is 24.5 Å². The summed E-state index contributed by atoms with van der Waals surface area (Å²) in [5.41, 5.74) is 0.856. The van der Waals surface area contributed by atoms with Crippen LogP contribution in [0.1, 0.15) is 51.4 Å². The van der Waals surface area contributed by atoms with Crippen LogP contribution in [-0.4, -0.2) is 80.1 Å². The molecule has 0 bridgehead atoms. The van der Waals surface area contributed by atoms with Crippen LogP contribution >= 0.6 is 0 Å². The van der Waals surface area contributed by atoms with E-state index in [4.69, 9.17) is 9.72 Å². The van der Waals surface area contributed by atoms with Gasteiger partial charge in [-0.15, -0.1) is 0 Å². The van der Waals surface area contributed by atoms with Gasteiger partial charge in [0.05, 0.1) is 28.7 Å². The molecule has 0 radical (unpaired) electrons. The molecule has 1 aromatic carbocycles. The molecular weight excluding hydrogens is 528 g/mol. The molecule has 2 N–H and O–H groups in total. The maximum Gasteiger partial charge on any atom is 0.319 e. The van der Waals surface area contributed by atoms with Gasteiger partial charge in [-0.3, -0.25) is 15.0 Å². The molecule has 2 saturated heterocycles. The summed E-state index contributed by atoms with van der Waals surface area (Å²) in [7, 11) is 1.93. The number of ether oxygens (including phenoxy) is 1. The molecule has 41 heavy (non-hydrogen) atoms. The molecule has 1 aliphatic carbocycles. The van der Waals surface area contributed by atoms with Gasteiger partial charge in [-0.1, -0.05) is 0 Å². The number of rotatable bonds is 9. The molecular formula is C30H35F2N7O2. The number of benzene rings is 1. The Kier molecular flexibility index (Phi) is 6.73. The number of pyridine rings is 1. The third kappa shape index (κ3) is 4.78. The molecule has 2 aliphatic heterocycles. The van der Waals surface area contributed by atoms with Crippen molar-refractivity contribution in [2.24, 2.45) is 5.92 Å². The molecule has 3 aliphatic rings. The van der Waals surface area contributed by atoms with Crippen molar-refractivity contribution in [3.05, 3.63) is 36.2 Å². The van der Waals surface area contributed by atoms with Gasteiger partial charge in [0.2, 0.25) is 0 Å². The van der Waals surface area contributed by atoms with Gasteiger partial charge in [0.25, 0.3) is 0 Å². The van der Waals surface area contributed by atoms with Crippen molar-refractivity contribution in [2.75, 3.05) is 38.2 Å². The summed E-state index contributed by atoms with van der Waals surface area (Å²) in [5.74, 6) is -0.0628. The second-order valence-corrected chi connectivity index (χ2v) is 12.1. The minimum Gasteiger partial charge on any atom is -0.461 e. The number of aromatic amines is 1. The third-order valence-electron chi connectivity index (χ3n) is 9.38. The van der Waals surface area contributed by atoms with Crippen LogP contribution in [0.5, 0.6) is 6.01 Å². The summed E-state index contributed by atoms with van der Waals surface area (Å²) in [6, 6.07) is 2.73. The number of hydrogen-bond acceptors (Lipinski definition) is 8. The van der Waals surface area contributed by atoms with Gasteiger partial charge in [-0.2, -0.15) is 15.1 Å². The first-order valence-corrected chi connectivity index (χ1v) is 14.7. The molecule has 0 spiro atoms. The highest BCUT2D eigenvalue weighted by Gasteiger charge is 2.45. The minimum absolute atomic E-state index is 0.00143. The van der Waals surface area contributed by atoms with Gasteiger partial charge in [-0.25, -0.2) is 8.78 Å². The lowest BCUT2D eigenvalue weighted by atomic mass is 9.79. The lowest BCUT2D eigenvalue weighted by molar-refractivity contribution is 0.0386. The van der Waals surface area contributed by atoms with Crippen LogP contribution in [0.3, 0.4) is 0 Å². The Morgan fingerprint density at radius 3 is 2.71 bits per heavy atom. The van der Waals surface area contributed by atoms with Crippen molar-refractivity contribution in [3.63, 3.8) is 0 Å². The fraction of sp³-hybridized carbons (Fsp3) is 0.533. The second kappa shape index (κ2) is 10.4. The molecule has 4 aromatic rings. The van der Waals surface area contributed by atoms with Gasteiger partial charge < -0.3 is 14.7 Å². The number of hydrogen-bond donors (Lipinski definition) is 2. The zero-order valence-electron chi connectivity index (χ0n) is 23.2. The predicted octanol–water partition coefficient (Wildman–Crippen LogP) is 4.84. The maximum atomic E-state index is 16.3. The van der Waals surface area contributed by atoms with Crippen molar-refractivity contribution in [2.45, 2.75) is 63.0 Å². The normalized spacial score (nSPS) is 21.9. The van der Waals surface area contributed by atoms with Gasteiger partial charge >= 0.3 is 6.01 Å². The SMILES string of the molecule is CN(CCCC1CC(O)C1)c1nc(OCC23CCCN2CCC3)nc2c(F)c(-c3cc(F)cc4[nH]ncc34)ncc12. The maximum absolute atomic E-state index is 16.3. The first-order chi connectivity index (χ1) is 19.9. The number of nitrogens with one attached hydrogen (secondary N) is 1. The number of fused-ring (bicyclic) bond motifs is 3. The Labute approximate surface area is 236 Å². The monoisotopic (exact) mass is 563 g/mol. The highest BCUT2D eigenvalue weighted by molar-refractivity contribution is 5.97. The smallest absolute Gasteiger partial charge is 0.319 e. The number of nitrogens with zero attached hydrogens (tertiary/aromatic N) is 6. The standard InChI is InChI=1S/C30H35F2N7O2/c1-38(8-2-5-18-11-20(40)12-18)28-23-15-33-26(21-13-19(31)14-24-22(21)16-34-37-24)25(32)27(23)35-29(36-28)41-17-30-6-3-9-39(30)10-4-7-30/h13-16,18,20,40H,2-12,17H2,1H3,(H,34,37). The van der Waals surface area contributed by atoms with Crippen molar-refractivity contribution < 1.29 is 18.6 Å². The first-order valence-electron chi connectivity index (χ1n) is 14.7. The fourth-order valence-corrected chi connectivity index (χ4v) is 7.10. The quantitative estimate of drug-likeness (QED) is 0.298. The molecule has 11 heteroatoms. The van der Waals surface area contributed by atoms with E-state index in [0.29, 0.717) is 46.7 Å². The molecule has 5 heterocycles. The van der Waals surface area contributed by atoms with Crippen LogP contribution in [-0.2, 0) is 0 Å². The van der Waals surface area contributed by atoms with Crippen LogP contribution in [0.25, 0.3) is 33.1 Å². The van der Waals surface area contributed by atoms with Crippen molar-refractivity contribution in [3.8, 4) is 17.3 Å². The molecule has 3 aromatic heterocycles. The van der Waals surface area contributed by atoms with Gasteiger partial charge in [0, 0.05) is 30.7 Å². The Hall–Kier alpha value is -3.44. The third-order valence-corrected chi connectivity index (χ3v) is 9.38. The Bertz CT molecular complexity index is 1580. The van der Waals surface area contributed by atoms with E-state index in [1.54, 1.807) is 12.4 Å². The van der Waals surface area contributed by atoms with E-state index in [-0.39, 0.29) is 28.9 Å². The van der Waals surface area contributed by atoms with Crippen LogP contribution in [0, 0.1) is 17.6 Å². The van der Waals surface area contributed by atoms with E-state index in [1.165, 1.54) is 12.1 Å². The Morgan fingerprint density at radius 1 is 1.12 bits per heavy atom. The summed E-state index contributed by atoms with van der Waals surface area (Å²) in [6.45, 7) is 3.32. The lowest BCUT2D eigenvalue weighted by Gasteiger charge is -2.32. The van der Waals surface area contributed by atoms with Crippen molar-refractivity contribution in [1.29, 1.82) is 0 Å². The second-order valence-electron chi connectivity index (χ2n) is 12.1. The average molecular weight is 564 g/mol. The summed E-state index contributed by atoms with van der Waals surface area (Å²) in [5, 5.41) is 17.4. The van der Waals surface area contributed by atoms with Gasteiger partial charge in [0.15, 0.2) is 5.82 Å². The number of aliphatic hydroxyl groups excluding tert-OH is 1. The summed E-state index contributed by atoms with van der Waals surface area (Å²) >= 11 is 0. The Balaban J connectivity index is 1.25. The summed E-state index contributed by atoms with van der Waals surface area (Å²) < 4.78 is 37.1. The molecule has 1 saturated carbocycles. The highest BCUT2D eigenvalue weighted by atomic mass is 19.1. The number of anilines is 1. The molecule has 216 valence electrons. The molecule has 0 amide bonds. The zero-order chi connectivity index (χ0) is 28.1. The Morgan fingerprint density at radius 2 is 1.93 bits per heavy atom. The number of halogens is 2. The molecule has 0 atom stereocenters. The molecule has 7 rings (SSSR count). The van der Waals surface area contributed by atoms with Crippen LogP contribution in [0.2, 0.25) is 0 Å². The zero-order valence-corrected chi connectivity index (χ0v) is 23.2. The number of H-pyrrole nitrogens is 1. The fourth-order valence-electron chi connectivity index (χ4n) is 7.10. The average Bonchev–Trinajstić information content (AvgIpc) is 3.66. The predicted molar refractivity (Wildman–Crippen MR) is 152 cm³/mol. The van der Waals surface area contributed by atoms with E-state index < -0.39 is 11.6 Å². The first kappa shape index (κ1) is 26.5. The van der Waals surface area contributed by atoms with E-state index in [9.17, 15) is 9.50 Å². The molecule has 9 nitrogen and oxygen atoms in total. The minimum atomic E-state index is -0.650. The molecule has 3 fully saturated rings. The van der Waals surface area contributed by atoms with E-state index >= 15 is 4.39 Å². The van der Waals surface area contributed by atoms with E-state index in [1.807, 2.05) is 11.9 Å². The van der Waals surface area contributed by atoms with E-state index in [0.717, 1.165) is 64.5 Å². The van der Waals surface area contributed by atoms with Gasteiger partial charge in [-0.05, 0) is 82.5 Å².